The molecule has 1 rings (SSSR count). The number of amides is 1. The zero-order chi connectivity index (χ0) is 13.5. The summed E-state index contributed by atoms with van der Waals surface area (Å²) >= 11 is 0. The van der Waals surface area contributed by atoms with Gasteiger partial charge in [-0.1, -0.05) is 37.6 Å². The maximum Gasteiger partial charge on any atom is 0.219 e. The summed E-state index contributed by atoms with van der Waals surface area (Å²) in [5.74, 6) is 1.45. The van der Waals surface area contributed by atoms with Crippen molar-refractivity contribution in [2.45, 2.75) is 47.0 Å². The molecule has 0 N–H and O–H groups in total. The smallest absolute Gasteiger partial charge is 0.219 e. The van der Waals surface area contributed by atoms with E-state index in [0.717, 1.165) is 19.5 Å². The fraction of sp³-hybridized carbons (Fsp3) is 0.688. The van der Waals surface area contributed by atoms with Crippen LogP contribution in [0.4, 0.5) is 0 Å². The van der Waals surface area contributed by atoms with Gasteiger partial charge in [-0.05, 0) is 38.0 Å². The first-order valence-electron chi connectivity index (χ1n) is 7.14. The van der Waals surface area contributed by atoms with Gasteiger partial charge in [0.25, 0.3) is 0 Å². The van der Waals surface area contributed by atoms with Crippen molar-refractivity contribution >= 4 is 5.91 Å². The van der Waals surface area contributed by atoms with Gasteiger partial charge in [-0.3, -0.25) is 4.79 Å². The highest BCUT2D eigenvalue weighted by Gasteiger charge is 2.17. The highest BCUT2D eigenvalue weighted by atomic mass is 16.2. The van der Waals surface area contributed by atoms with Crippen LogP contribution >= 0.6 is 0 Å². The van der Waals surface area contributed by atoms with Crippen LogP contribution in [0.5, 0.6) is 0 Å². The molecule has 0 aromatic rings. The summed E-state index contributed by atoms with van der Waals surface area (Å²) in [6, 6.07) is 0. The SMILES string of the molecule is CCCN(C/C=C/C1CCC(C)=CC1C)C(C)=O. The average Bonchev–Trinajstić information content (AvgIpc) is 2.30. The topological polar surface area (TPSA) is 20.3 Å². The number of carbonyl (C=O) groups is 1. The Labute approximate surface area is 112 Å². The van der Waals surface area contributed by atoms with Crippen molar-refractivity contribution in [3.63, 3.8) is 0 Å². The van der Waals surface area contributed by atoms with Crippen LogP contribution in [-0.2, 0) is 4.79 Å². The Kier molecular flexibility index (Phi) is 6.17. The van der Waals surface area contributed by atoms with E-state index in [0.29, 0.717) is 11.8 Å². The van der Waals surface area contributed by atoms with Crippen LogP contribution in [0.2, 0.25) is 0 Å². The molecule has 0 bridgehead atoms. The molecule has 0 radical (unpaired) electrons. The van der Waals surface area contributed by atoms with Crippen molar-refractivity contribution < 1.29 is 4.79 Å². The molecule has 102 valence electrons. The molecule has 2 nitrogen and oxygen atoms in total. The predicted molar refractivity (Wildman–Crippen MR) is 77.3 cm³/mol. The molecule has 0 aliphatic heterocycles. The molecule has 0 spiro atoms. The Morgan fingerprint density at radius 2 is 2.28 bits per heavy atom. The lowest BCUT2D eigenvalue weighted by molar-refractivity contribution is -0.128. The molecule has 0 heterocycles. The van der Waals surface area contributed by atoms with Crippen molar-refractivity contribution in [2.75, 3.05) is 13.1 Å². The quantitative estimate of drug-likeness (QED) is 0.679. The molecule has 2 unspecified atom stereocenters. The van der Waals surface area contributed by atoms with E-state index in [9.17, 15) is 4.79 Å². The second-order valence-electron chi connectivity index (χ2n) is 5.47. The lowest BCUT2D eigenvalue weighted by atomic mass is 9.82. The van der Waals surface area contributed by atoms with E-state index in [1.807, 2.05) is 4.90 Å². The number of nitrogens with zero attached hydrogens (tertiary/aromatic N) is 1. The molecule has 0 saturated carbocycles. The third-order valence-corrected chi connectivity index (χ3v) is 3.74. The zero-order valence-corrected chi connectivity index (χ0v) is 12.3. The molecule has 1 amide bonds. The monoisotopic (exact) mass is 249 g/mol. The first-order chi connectivity index (χ1) is 8.54. The first kappa shape index (κ1) is 15.0. The molecular formula is C16H27NO. The summed E-state index contributed by atoms with van der Waals surface area (Å²) in [6.07, 6.45) is 10.3. The van der Waals surface area contributed by atoms with Crippen molar-refractivity contribution in [1.82, 2.24) is 4.90 Å². The van der Waals surface area contributed by atoms with E-state index in [1.54, 1.807) is 6.92 Å². The van der Waals surface area contributed by atoms with Crippen LogP contribution in [-0.4, -0.2) is 23.9 Å². The second-order valence-corrected chi connectivity index (χ2v) is 5.47. The molecule has 0 aromatic carbocycles. The molecular weight excluding hydrogens is 222 g/mol. The number of hydrogen-bond donors (Lipinski definition) is 0. The van der Waals surface area contributed by atoms with Gasteiger partial charge in [0.2, 0.25) is 5.91 Å². The van der Waals surface area contributed by atoms with E-state index in [2.05, 4.69) is 39.0 Å². The fourth-order valence-electron chi connectivity index (χ4n) is 2.59. The van der Waals surface area contributed by atoms with Crippen LogP contribution in [0.3, 0.4) is 0 Å². The van der Waals surface area contributed by atoms with Gasteiger partial charge < -0.3 is 4.90 Å². The van der Waals surface area contributed by atoms with E-state index in [4.69, 9.17) is 0 Å². The summed E-state index contributed by atoms with van der Waals surface area (Å²) in [6.45, 7) is 9.88. The molecule has 2 atom stereocenters. The molecule has 0 fully saturated rings. The van der Waals surface area contributed by atoms with Crippen LogP contribution in [0.25, 0.3) is 0 Å². The Balaban J connectivity index is 2.47. The number of hydrogen-bond acceptors (Lipinski definition) is 1. The second kappa shape index (κ2) is 7.40. The van der Waals surface area contributed by atoms with Crippen LogP contribution in [0.1, 0.15) is 47.0 Å². The minimum Gasteiger partial charge on any atom is -0.339 e. The maximum absolute atomic E-state index is 11.4. The standard InChI is InChI=1S/C16H27NO/c1-5-10-17(15(4)18)11-6-7-16-9-8-13(2)12-14(16)3/h6-7,12,14,16H,5,8-11H2,1-4H3/b7-6+. The van der Waals surface area contributed by atoms with E-state index < -0.39 is 0 Å². The van der Waals surface area contributed by atoms with Gasteiger partial charge in [-0.2, -0.15) is 0 Å². The molecule has 18 heavy (non-hydrogen) atoms. The summed E-state index contributed by atoms with van der Waals surface area (Å²) < 4.78 is 0. The van der Waals surface area contributed by atoms with Gasteiger partial charge in [-0.25, -0.2) is 0 Å². The lowest BCUT2D eigenvalue weighted by Crippen LogP contribution is -2.29. The Hall–Kier alpha value is -1.05. The van der Waals surface area contributed by atoms with Gasteiger partial charge in [-0.15, -0.1) is 0 Å². The van der Waals surface area contributed by atoms with Crippen molar-refractivity contribution in [3.05, 3.63) is 23.8 Å². The number of allylic oxidation sites excluding steroid dienone is 3. The normalized spacial score (nSPS) is 24.1. The van der Waals surface area contributed by atoms with Crippen LogP contribution in [0.15, 0.2) is 23.8 Å². The van der Waals surface area contributed by atoms with Gasteiger partial charge in [0.05, 0.1) is 0 Å². The van der Waals surface area contributed by atoms with Crippen molar-refractivity contribution in [3.8, 4) is 0 Å². The largest absolute Gasteiger partial charge is 0.339 e. The van der Waals surface area contributed by atoms with E-state index in [1.165, 1.54) is 18.4 Å². The maximum atomic E-state index is 11.4. The molecule has 1 aliphatic carbocycles. The minimum atomic E-state index is 0.175. The number of rotatable bonds is 5. The summed E-state index contributed by atoms with van der Waals surface area (Å²) in [5.41, 5.74) is 1.52. The third kappa shape index (κ3) is 4.67. The first-order valence-corrected chi connectivity index (χ1v) is 7.14. The van der Waals surface area contributed by atoms with E-state index in [-0.39, 0.29) is 5.91 Å². The Morgan fingerprint density at radius 3 is 2.83 bits per heavy atom. The van der Waals surface area contributed by atoms with Gasteiger partial charge >= 0.3 is 0 Å². The number of carbonyl (C=O) groups excluding carboxylic acids is 1. The molecule has 1 aliphatic rings. The zero-order valence-electron chi connectivity index (χ0n) is 12.3. The summed E-state index contributed by atoms with van der Waals surface area (Å²) in [5, 5.41) is 0. The fourth-order valence-corrected chi connectivity index (χ4v) is 2.59. The van der Waals surface area contributed by atoms with E-state index >= 15 is 0 Å². The van der Waals surface area contributed by atoms with Gasteiger partial charge in [0, 0.05) is 20.0 Å². The van der Waals surface area contributed by atoms with Crippen molar-refractivity contribution in [2.24, 2.45) is 11.8 Å². The average molecular weight is 249 g/mol. The predicted octanol–water partition coefficient (Wildman–Crippen LogP) is 3.79. The molecule has 0 saturated heterocycles. The van der Waals surface area contributed by atoms with Gasteiger partial charge in [0.1, 0.15) is 0 Å². The minimum absolute atomic E-state index is 0.175. The van der Waals surface area contributed by atoms with Crippen LogP contribution < -0.4 is 0 Å². The Morgan fingerprint density at radius 1 is 1.56 bits per heavy atom. The molecule has 2 heteroatoms. The highest BCUT2D eigenvalue weighted by Crippen LogP contribution is 2.29. The van der Waals surface area contributed by atoms with Crippen molar-refractivity contribution in [1.29, 1.82) is 0 Å². The van der Waals surface area contributed by atoms with Crippen LogP contribution in [0, 0.1) is 11.8 Å². The van der Waals surface area contributed by atoms with Gasteiger partial charge in [0.15, 0.2) is 0 Å². The Bertz CT molecular complexity index is 330. The molecule has 0 aromatic heterocycles. The summed E-state index contributed by atoms with van der Waals surface area (Å²) in [4.78, 5) is 13.3. The summed E-state index contributed by atoms with van der Waals surface area (Å²) in [7, 11) is 0. The highest BCUT2D eigenvalue weighted by molar-refractivity contribution is 5.73. The lowest BCUT2D eigenvalue weighted by Gasteiger charge is -2.24. The third-order valence-electron chi connectivity index (χ3n) is 3.74.